The van der Waals surface area contributed by atoms with Crippen molar-refractivity contribution in [2.45, 2.75) is 38.8 Å². The van der Waals surface area contributed by atoms with Gasteiger partial charge in [0.15, 0.2) is 0 Å². The summed E-state index contributed by atoms with van der Waals surface area (Å²) < 4.78 is 2.03. The molecule has 1 aromatic heterocycles. The lowest BCUT2D eigenvalue weighted by Gasteiger charge is -2.24. The molecule has 0 amide bonds. The zero-order chi connectivity index (χ0) is 9.26. The van der Waals surface area contributed by atoms with Crippen molar-refractivity contribution >= 4 is 0 Å². The highest BCUT2D eigenvalue weighted by molar-refractivity contribution is 5.08. The second kappa shape index (κ2) is 3.50. The third-order valence-electron chi connectivity index (χ3n) is 2.85. The van der Waals surface area contributed by atoms with E-state index < -0.39 is 0 Å². The fourth-order valence-corrected chi connectivity index (χ4v) is 1.65. The standard InChI is InChI=1S/C10H17N3/c1-8(11)10-5-12-13(7-10)6-9-3-2-4-9/h5,7-9H,2-4,6,11H2,1H3. The Hall–Kier alpha value is -0.830. The van der Waals surface area contributed by atoms with Crippen molar-refractivity contribution in [3.63, 3.8) is 0 Å². The van der Waals surface area contributed by atoms with Gasteiger partial charge in [-0.15, -0.1) is 0 Å². The van der Waals surface area contributed by atoms with Crippen LogP contribution in [0.4, 0.5) is 0 Å². The second-order valence-corrected chi connectivity index (χ2v) is 4.08. The fourth-order valence-electron chi connectivity index (χ4n) is 1.65. The van der Waals surface area contributed by atoms with Crippen LogP contribution in [0, 0.1) is 5.92 Å². The zero-order valence-corrected chi connectivity index (χ0v) is 8.11. The lowest BCUT2D eigenvalue weighted by atomic mass is 9.85. The van der Waals surface area contributed by atoms with Crippen LogP contribution in [0.1, 0.15) is 37.8 Å². The molecule has 72 valence electrons. The summed E-state index contributed by atoms with van der Waals surface area (Å²) >= 11 is 0. The van der Waals surface area contributed by atoms with Crippen LogP contribution in [0.3, 0.4) is 0 Å². The fraction of sp³-hybridized carbons (Fsp3) is 0.700. The molecule has 1 atom stereocenters. The summed E-state index contributed by atoms with van der Waals surface area (Å²) in [6.45, 7) is 3.07. The lowest BCUT2D eigenvalue weighted by Crippen LogP contribution is -2.18. The molecule has 1 aliphatic carbocycles. The van der Waals surface area contributed by atoms with E-state index in [1.807, 2.05) is 17.8 Å². The maximum absolute atomic E-state index is 5.75. The van der Waals surface area contributed by atoms with Gasteiger partial charge >= 0.3 is 0 Å². The van der Waals surface area contributed by atoms with Gasteiger partial charge in [0.2, 0.25) is 0 Å². The minimum absolute atomic E-state index is 0.107. The van der Waals surface area contributed by atoms with Crippen LogP contribution in [0.15, 0.2) is 12.4 Å². The smallest absolute Gasteiger partial charge is 0.0537 e. The van der Waals surface area contributed by atoms with E-state index in [0.717, 1.165) is 18.0 Å². The quantitative estimate of drug-likeness (QED) is 0.767. The molecule has 1 saturated carbocycles. The van der Waals surface area contributed by atoms with Gasteiger partial charge in [-0.3, -0.25) is 4.68 Å². The molecule has 3 heteroatoms. The first-order valence-electron chi connectivity index (χ1n) is 5.03. The third-order valence-corrected chi connectivity index (χ3v) is 2.85. The van der Waals surface area contributed by atoms with Crippen molar-refractivity contribution in [2.75, 3.05) is 0 Å². The Morgan fingerprint density at radius 3 is 2.92 bits per heavy atom. The summed E-state index contributed by atoms with van der Waals surface area (Å²) in [5.74, 6) is 0.862. The molecule has 1 aliphatic rings. The number of nitrogens with two attached hydrogens (primary N) is 1. The van der Waals surface area contributed by atoms with Crippen molar-refractivity contribution in [1.29, 1.82) is 0 Å². The van der Waals surface area contributed by atoms with Crippen molar-refractivity contribution in [3.8, 4) is 0 Å². The minimum Gasteiger partial charge on any atom is -0.324 e. The first kappa shape index (κ1) is 8.75. The highest BCUT2D eigenvalue weighted by Gasteiger charge is 2.18. The molecule has 2 rings (SSSR count). The minimum atomic E-state index is 0.107. The SMILES string of the molecule is CC(N)c1cnn(CC2CCC2)c1. The van der Waals surface area contributed by atoms with E-state index in [9.17, 15) is 0 Å². The molecule has 0 spiro atoms. The molecule has 1 unspecified atom stereocenters. The van der Waals surface area contributed by atoms with Crippen molar-refractivity contribution in [1.82, 2.24) is 9.78 Å². The zero-order valence-electron chi connectivity index (χ0n) is 8.11. The Morgan fingerprint density at radius 2 is 2.46 bits per heavy atom. The predicted octanol–water partition coefficient (Wildman–Crippen LogP) is 1.70. The maximum Gasteiger partial charge on any atom is 0.0537 e. The highest BCUT2D eigenvalue weighted by Crippen LogP contribution is 2.27. The van der Waals surface area contributed by atoms with E-state index >= 15 is 0 Å². The van der Waals surface area contributed by atoms with Gasteiger partial charge < -0.3 is 5.73 Å². The average molecular weight is 179 g/mol. The van der Waals surface area contributed by atoms with Gasteiger partial charge in [0.25, 0.3) is 0 Å². The van der Waals surface area contributed by atoms with Crippen molar-refractivity contribution < 1.29 is 0 Å². The molecular formula is C10H17N3. The highest BCUT2D eigenvalue weighted by atomic mass is 15.3. The largest absolute Gasteiger partial charge is 0.324 e. The molecule has 2 N–H and O–H groups in total. The molecule has 0 radical (unpaired) electrons. The first-order valence-corrected chi connectivity index (χ1v) is 5.03. The van der Waals surface area contributed by atoms with E-state index in [1.165, 1.54) is 19.3 Å². The Labute approximate surface area is 78.9 Å². The van der Waals surface area contributed by atoms with Gasteiger partial charge in [0, 0.05) is 24.3 Å². The first-order chi connectivity index (χ1) is 6.25. The van der Waals surface area contributed by atoms with Crippen LogP contribution < -0.4 is 5.73 Å². The van der Waals surface area contributed by atoms with E-state index in [2.05, 4.69) is 11.3 Å². The predicted molar refractivity (Wildman–Crippen MR) is 52.2 cm³/mol. The van der Waals surface area contributed by atoms with Crippen LogP contribution >= 0.6 is 0 Å². The number of hydrogen-bond acceptors (Lipinski definition) is 2. The lowest BCUT2D eigenvalue weighted by molar-refractivity contribution is 0.266. The summed E-state index contributed by atoms with van der Waals surface area (Å²) in [7, 11) is 0. The van der Waals surface area contributed by atoms with Gasteiger partial charge in [-0.1, -0.05) is 6.42 Å². The maximum atomic E-state index is 5.75. The van der Waals surface area contributed by atoms with Gasteiger partial charge in [0.05, 0.1) is 6.20 Å². The van der Waals surface area contributed by atoms with Crippen LogP contribution in [-0.2, 0) is 6.54 Å². The Morgan fingerprint density at radius 1 is 1.69 bits per heavy atom. The van der Waals surface area contributed by atoms with E-state index in [-0.39, 0.29) is 6.04 Å². The molecule has 1 aromatic rings. The number of nitrogens with zero attached hydrogens (tertiary/aromatic N) is 2. The summed E-state index contributed by atoms with van der Waals surface area (Å²) in [6.07, 6.45) is 8.08. The van der Waals surface area contributed by atoms with Gasteiger partial charge in [-0.25, -0.2) is 0 Å². The van der Waals surface area contributed by atoms with E-state index in [1.54, 1.807) is 0 Å². The molecule has 0 saturated heterocycles. The van der Waals surface area contributed by atoms with Crippen LogP contribution in [0.5, 0.6) is 0 Å². The summed E-state index contributed by atoms with van der Waals surface area (Å²) in [5.41, 5.74) is 6.89. The average Bonchev–Trinajstić information content (AvgIpc) is 2.44. The Kier molecular flexibility index (Phi) is 2.36. The van der Waals surface area contributed by atoms with Crippen LogP contribution in [-0.4, -0.2) is 9.78 Å². The molecule has 1 heterocycles. The van der Waals surface area contributed by atoms with Gasteiger partial charge in [-0.2, -0.15) is 5.10 Å². The number of hydrogen-bond donors (Lipinski definition) is 1. The molecule has 0 aliphatic heterocycles. The number of aromatic nitrogens is 2. The normalized spacial score (nSPS) is 19.8. The molecule has 3 nitrogen and oxygen atoms in total. The van der Waals surface area contributed by atoms with E-state index in [0.29, 0.717) is 0 Å². The summed E-state index contributed by atoms with van der Waals surface area (Å²) in [4.78, 5) is 0. The van der Waals surface area contributed by atoms with Gasteiger partial charge in [-0.05, 0) is 25.7 Å². The Balaban J connectivity index is 1.96. The van der Waals surface area contributed by atoms with Crippen molar-refractivity contribution in [2.24, 2.45) is 11.7 Å². The molecule has 1 fully saturated rings. The van der Waals surface area contributed by atoms with E-state index in [4.69, 9.17) is 5.73 Å². The van der Waals surface area contributed by atoms with Crippen LogP contribution in [0.25, 0.3) is 0 Å². The monoisotopic (exact) mass is 179 g/mol. The molecular weight excluding hydrogens is 162 g/mol. The van der Waals surface area contributed by atoms with Crippen molar-refractivity contribution in [3.05, 3.63) is 18.0 Å². The second-order valence-electron chi connectivity index (χ2n) is 4.08. The molecule has 0 bridgehead atoms. The molecule has 13 heavy (non-hydrogen) atoms. The third kappa shape index (κ3) is 1.91. The molecule has 0 aromatic carbocycles. The van der Waals surface area contributed by atoms with Crippen LogP contribution in [0.2, 0.25) is 0 Å². The summed E-state index contributed by atoms with van der Waals surface area (Å²) in [6, 6.07) is 0.107. The topological polar surface area (TPSA) is 43.8 Å². The van der Waals surface area contributed by atoms with Gasteiger partial charge in [0.1, 0.15) is 0 Å². The Bertz CT molecular complexity index is 273. The summed E-state index contributed by atoms with van der Waals surface area (Å²) in [5, 5.41) is 4.30. The number of rotatable bonds is 3.